The zero-order valence-electron chi connectivity index (χ0n) is 18.5. The van der Waals surface area contributed by atoms with E-state index in [2.05, 4.69) is 85.2 Å². The highest BCUT2D eigenvalue weighted by Gasteiger charge is 2.21. The van der Waals surface area contributed by atoms with Crippen LogP contribution >= 0.6 is 31.9 Å². The number of Topliss-reactive ketones (excluding diaryl/α,β-unsaturated/α-hetero) is 1. The van der Waals surface area contributed by atoms with Crippen molar-refractivity contribution in [3.05, 3.63) is 68.9 Å². The van der Waals surface area contributed by atoms with Crippen LogP contribution in [0.15, 0.2) is 57.7 Å². The molecule has 0 aliphatic heterocycles. The van der Waals surface area contributed by atoms with Gasteiger partial charge >= 0.3 is 0 Å². The molecule has 2 heterocycles. The number of H-pyrrole nitrogens is 2. The van der Waals surface area contributed by atoms with Crippen molar-refractivity contribution in [1.82, 2.24) is 19.8 Å². The number of aromatic nitrogens is 2. The summed E-state index contributed by atoms with van der Waals surface area (Å²) in [6.45, 7) is 1.08. The minimum Gasteiger partial charge on any atom is -0.361 e. The molecule has 0 fully saturated rings. The molecule has 168 valence electrons. The van der Waals surface area contributed by atoms with E-state index in [-0.39, 0.29) is 0 Å². The van der Waals surface area contributed by atoms with Gasteiger partial charge < -0.3 is 19.8 Å². The first-order chi connectivity index (χ1) is 15.2. The van der Waals surface area contributed by atoms with Crippen molar-refractivity contribution in [2.75, 3.05) is 34.7 Å². The fourth-order valence-corrected chi connectivity index (χ4v) is 4.02. The average molecular weight is 562 g/mol. The number of ketones is 1. The molecule has 0 bridgehead atoms. The van der Waals surface area contributed by atoms with E-state index in [0.29, 0.717) is 5.56 Å². The van der Waals surface area contributed by atoms with Crippen LogP contribution in [-0.2, 0) is 11.2 Å². The SMILES string of the molecule is CN(C)C(=O)C(=O)c1c[nH]c2ccc(Br)cc12.CN(C)CCc1c[nH]c2ccc(Br)cc12. The van der Waals surface area contributed by atoms with Crippen molar-refractivity contribution in [2.24, 2.45) is 0 Å². The third-order valence-electron chi connectivity index (χ3n) is 5.05. The lowest BCUT2D eigenvalue weighted by molar-refractivity contribution is -0.124. The molecule has 1 amide bonds. The number of carbonyl (C=O) groups is 2. The second-order valence-corrected chi connectivity index (χ2v) is 9.81. The van der Waals surface area contributed by atoms with Gasteiger partial charge in [-0.3, -0.25) is 9.59 Å². The minimum atomic E-state index is -0.522. The third-order valence-corrected chi connectivity index (χ3v) is 6.03. The first-order valence-electron chi connectivity index (χ1n) is 10.1. The Balaban J connectivity index is 0.000000182. The molecule has 2 aromatic heterocycles. The molecule has 0 aliphatic carbocycles. The summed E-state index contributed by atoms with van der Waals surface area (Å²) in [5, 5.41) is 2.07. The van der Waals surface area contributed by atoms with Gasteiger partial charge in [0.1, 0.15) is 0 Å². The van der Waals surface area contributed by atoms with E-state index in [0.717, 1.165) is 32.8 Å². The molecular formula is C24H26Br2N4O2. The number of nitrogens with one attached hydrogen (secondary N) is 2. The Labute approximate surface area is 204 Å². The van der Waals surface area contributed by atoms with Crippen molar-refractivity contribution < 1.29 is 9.59 Å². The average Bonchev–Trinajstić information content (AvgIpc) is 3.34. The van der Waals surface area contributed by atoms with Crippen molar-refractivity contribution >= 4 is 65.4 Å². The molecule has 0 radical (unpaired) electrons. The summed E-state index contributed by atoms with van der Waals surface area (Å²) in [7, 11) is 7.32. The van der Waals surface area contributed by atoms with Crippen LogP contribution in [0, 0.1) is 0 Å². The fraction of sp³-hybridized carbons (Fsp3) is 0.250. The van der Waals surface area contributed by atoms with Gasteiger partial charge in [-0.1, -0.05) is 31.9 Å². The van der Waals surface area contributed by atoms with Gasteiger partial charge in [0.15, 0.2) is 0 Å². The first-order valence-corrected chi connectivity index (χ1v) is 11.7. The molecule has 0 saturated heterocycles. The fourth-order valence-electron chi connectivity index (χ4n) is 3.30. The molecule has 4 rings (SSSR count). The number of aromatic amines is 2. The quantitative estimate of drug-likeness (QED) is 0.259. The number of carbonyl (C=O) groups excluding carboxylic acids is 2. The third kappa shape index (κ3) is 5.68. The predicted octanol–water partition coefficient (Wildman–Crippen LogP) is 5.24. The van der Waals surface area contributed by atoms with E-state index in [1.165, 1.54) is 21.4 Å². The Morgan fingerprint density at radius 1 is 0.844 bits per heavy atom. The highest BCUT2D eigenvalue weighted by Crippen LogP contribution is 2.24. The summed E-state index contributed by atoms with van der Waals surface area (Å²) >= 11 is 6.85. The van der Waals surface area contributed by atoms with E-state index in [1.54, 1.807) is 20.3 Å². The number of hydrogen-bond donors (Lipinski definition) is 2. The molecule has 0 aliphatic rings. The molecule has 2 aromatic carbocycles. The largest absolute Gasteiger partial charge is 0.361 e. The van der Waals surface area contributed by atoms with Gasteiger partial charge in [-0.25, -0.2) is 0 Å². The lowest BCUT2D eigenvalue weighted by Crippen LogP contribution is -2.29. The van der Waals surface area contributed by atoms with E-state index < -0.39 is 11.7 Å². The van der Waals surface area contributed by atoms with Crippen LogP contribution < -0.4 is 0 Å². The van der Waals surface area contributed by atoms with Crippen LogP contribution in [0.3, 0.4) is 0 Å². The Hall–Kier alpha value is -2.42. The molecule has 8 heteroatoms. The zero-order chi connectivity index (χ0) is 23.4. The zero-order valence-corrected chi connectivity index (χ0v) is 21.7. The van der Waals surface area contributed by atoms with Crippen LogP contribution in [0.25, 0.3) is 21.8 Å². The van der Waals surface area contributed by atoms with Gasteiger partial charge in [-0.2, -0.15) is 0 Å². The summed E-state index contributed by atoms with van der Waals surface area (Å²) in [6, 6.07) is 11.9. The monoisotopic (exact) mass is 560 g/mol. The summed E-state index contributed by atoms with van der Waals surface area (Å²) in [4.78, 5) is 33.3. The number of benzene rings is 2. The smallest absolute Gasteiger partial charge is 0.294 e. The number of halogens is 2. The Morgan fingerprint density at radius 3 is 2.00 bits per heavy atom. The predicted molar refractivity (Wildman–Crippen MR) is 137 cm³/mol. The van der Waals surface area contributed by atoms with E-state index in [9.17, 15) is 9.59 Å². The Kier molecular flexibility index (Phi) is 7.92. The van der Waals surface area contributed by atoms with Crippen molar-refractivity contribution in [3.63, 3.8) is 0 Å². The molecule has 0 spiro atoms. The molecule has 0 unspecified atom stereocenters. The van der Waals surface area contributed by atoms with Crippen LogP contribution in [0.1, 0.15) is 15.9 Å². The standard InChI is InChI=1S/C12H11BrN2O2.C12H15BrN2/c1-15(2)12(17)11(16)9-6-14-10-4-3-7(13)5-8(9)10;1-15(2)6-5-9-8-14-12-4-3-10(13)7-11(9)12/h3-6,14H,1-2H3;3-4,7-8,14H,5-6H2,1-2H3. The second kappa shape index (κ2) is 10.5. The number of hydrogen-bond acceptors (Lipinski definition) is 3. The Morgan fingerprint density at radius 2 is 1.41 bits per heavy atom. The lowest BCUT2D eigenvalue weighted by Gasteiger charge is -2.08. The van der Waals surface area contributed by atoms with Crippen molar-refractivity contribution in [1.29, 1.82) is 0 Å². The number of rotatable bonds is 5. The maximum atomic E-state index is 11.9. The summed E-state index contributed by atoms with van der Waals surface area (Å²) in [5.74, 6) is -1.02. The van der Waals surface area contributed by atoms with E-state index in [1.807, 2.05) is 18.2 Å². The maximum Gasteiger partial charge on any atom is 0.294 e. The summed E-state index contributed by atoms with van der Waals surface area (Å²) < 4.78 is 2.01. The topological polar surface area (TPSA) is 72.2 Å². The van der Waals surface area contributed by atoms with Gasteiger partial charge in [0, 0.05) is 63.8 Å². The molecule has 6 nitrogen and oxygen atoms in total. The number of likely N-dealkylation sites (N-methyl/N-ethyl adjacent to an activating group) is 2. The van der Waals surface area contributed by atoms with Gasteiger partial charge in [-0.15, -0.1) is 0 Å². The molecule has 0 atom stereocenters. The van der Waals surface area contributed by atoms with Crippen molar-refractivity contribution in [2.45, 2.75) is 6.42 Å². The van der Waals surface area contributed by atoms with Crippen LogP contribution in [0.4, 0.5) is 0 Å². The van der Waals surface area contributed by atoms with Crippen molar-refractivity contribution in [3.8, 4) is 0 Å². The number of fused-ring (bicyclic) bond motifs is 2. The van der Waals surface area contributed by atoms with Gasteiger partial charge in [0.25, 0.3) is 11.7 Å². The van der Waals surface area contributed by atoms with Crippen LogP contribution in [0.5, 0.6) is 0 Å². The van der Waals surface area contributed by atoms with E-state index >= 15 is 0 Å². The van der Waals surface area contributed by atoms with Gasteiger partial charge in [0.05, 0.1) is 5.56 Å². The molecule has 0 saturated carbocycles. The van der Waals surface area contributed by atoms with Crippen LogP contribution in [0.2, 0.25) is 0 Å². The summed E-state index contributed by atoms with van der Waals surface area (Å²) in [6.07, 6.45) is 4.77. The second-order valence-electron chi connectivity index (χ2n) is 7.98. The highest BCUT2D eigenvalue weighted by atomic mass is 79.9. The highest BCUT2D eigenvalue weighted by molar-refractivity contribution is 9.10. The first kappa shape index (κ1) is 24.2. The molecular weight excluding hydrogens is 536 g/mol. The number of amides is 1. The lowest BCUT2D eigenvalue weighted by atomic mass is 10.1. The molecule has 2 N–H and O–H groups in total. The Bertz CT molecular complexity index is 1260. The number of nitrogens with zero attached hydrogens (tertiary/aromatic N) is 2. The minimum absolute atomic E-state index is 0.403. The van der Waals surface area contributed by atoms with Gasteiger partial charge in [-0.05, 0) is 62.5 Å². The van der Waals surface area contributed by atoms with Crippen LogP contribution in [-0.4, -0.2) is 66.2 Å². The summed E-state index contributed by atoms with van der Waals surface area (Å²) in [5.41, 5.74) is 3.84. The normalized spacial score (nSPS) is 11.0. The van der Waals surface area contributed by atoms with Gasteiger partial charge in [0.2, 0.25) is 0 Å². The maximum absolute atomic E-state index is 11.9. The molecule has 4 aromatic rings. The van der Waals surface area contributed by atoms with E-state index in [4.69, 9.17) is 0 Å². The molecule has 32 heavy (non-hydrogen) atoms.